The second-order valence-corrected chi connectivity index (χ2v) is 3.02. The number of hydrogen-bond acceptors (Lipinski definition) is 1. The predicted molar refractivity (Wildman–Crippen MR) is 51.4 cm³/mol. The molecule has 0 saturated carbocycles. The molecule has 3 nitrogen and oxygen atoms in total. The highest BCUT2D eigenvalue weighted by molar-refractivity contribution is 5.95. The highest BCUT2D eigenvalue weighted by Gasteiger charge is 2.30. The van der Waals surface area contributed by atoms with E-state index < -0.39 is 0 Å². The van der Waals surface area contributed by atoms with Crippen molar-refractivity contribution in [1.82, 2.24) is 0 Å². The minimum atomic E-state index is 0.0335. The molecule has 1 aliphatic rings. The summed E-state index contributed by atoms with van der Waals surface area (Å²) in [5.74, 6) is 0. The van der Waals surface area contributed by atoms with Crippen LogP contribution in [0.3, 0.4) is 0 Å². The van der Waals surface area contributed by atoms with E-state index in [1.807, 2.05) is 36.5 Å². The number of hydrogen-bond donors (Lipinski definition) is 0. The van der Waals surface area contributed by atoms with Crippen LogP contribution in [-0.4, -0.2) is 30.4 Å². The Balaban J connectivity index is 2.27. The number of para-hydroxylation sites is 1. The van der Waals surface area contributed by atoms with Crippen LogP contribution in [0.4, 0.5) is 10.5 Å². The third-order valence-electron chi connectivity index (χ3n) is 2.14. The van der Waals surface area contributed by atoms with Gasteiger partial charge in [-0.1, -0.05) is 18.2 Å². The molecule has 0 N–H and O–H groups in total. The number of carbonyl (C=O) groups excluding carboxylic acids is 1. The van der Waals surface area contributed by atoms with E-state index in [1.54, 1.807) is 16.5 Å². The van der Waals surface area contributed by atoms with Crippen LogP contribution in [0.5, 0.6) is 0 Å². The molecule has 0 spiro atoms. The Bertz CT molecular complexity index is 356. The van der Waals surface area contributed by atoms with Gasteiger partial charge in [-0.05, 0) is 12.1 Å². The standard InChI is InChI=1S/C10H11N2O/c1-11-7-8-12(10(11)13)9-5-3-2-4-6-9/h2-7H,8H2,1H3/q+1. The van der Waals surface area contributed by atoms with Gasteiger partial charge in [-0.25, -0.2) is 4.58 Å². The van der Waals surface area contributed by atoms with Crippen molar-refractivity contribution in [2.75, 3.05) is 18.5 Å². The maximum atomic E-state index is 11.5. The fourth-order valence-corrected chi connectivity index (χ4v) is 1.37. The van der Waals surface area contributed by atoms with E-state index in [9.17, 15) is 4.79 Å². The Hall–Kier alpha value is -1.64. The molecule has 3 heteroatoms. The van der Waals surface area contributed by atoms with Crippen LogP contribution in [0.2, 0.25) is 0 Å². The van der Waals surface area contributed by atoms with Crippen LogP contribution in [0.15, 0.2) is 30.3 Å². The Morgan fingerprint density at radius 1 is 1.31 bits per heavy atom. The van der Waals surface area contributed by atoms with Gasteiger partial charge in [0.15, 0.2) is 0 Å². The quantitative estimate of drug-likeness (QED) is 0.591. The molecule has 66 valence electrons. The van der Waals surface area contributed by atoms with Gasteiger partial charge in [0.2, 0.25) is 0 Å². The third kappa shape index (κ3) is 1.33. The SMILES string of the molecule is C[N+]1=CCN(c2ccccc2)C1=O. The summed E-state index contributed by atoms with van der Waals surface area (Å²) in [6, 6.07) is 9.71. The Labute approximate surface area is 76.9 Å². The van der Waals surface area contributed by atoms with E-state index in [4.69, 9.17) is 0 Å². The number of urea groups is 1. The molecule has 0 unspecified atom stereocenters. The predicted octanol–water partition coefficient (Wildman–Crippen LogP) is 1.34. The van der Waals surface area contributed by atoms with Crippen molar-refractivity contribution in [3.63, 3.8) is 0 Å². The summed E-state index contributed by atoms with van der Waals surface area (Å²) in [4.78, 5) is 13.3. The first kappa shape index (κ1) is 7.98. The lowest BCUT2D eigenvalue weighted by molar-refractivity contribution is -0.380. The first-order valence-electron chi connectivity index (χ1n) is 4.22. The van der Waals surface area contributed by atoms with Gasteiger partial charge >= 0.3 is 6.03 Å². The first-order valence-corrected chi connectivity index (χ1v) is 4.22. The third-order valence-corrected chi connectivity index (χ3v) is 2.14. The van der Waals surface area contributed by atoms with Crippen molar-refractivity contribution in [2.24, 2.45) is 0 Å². The van der Waals surface area contributed by atoms with Gasteiger partial charge < -0.3 is 0 Å². The average Bonchev–Trinajstić information content (AvgIpc) is 2.49. The number of rotatable bonds is 1. The van der Waals surface area contributed by atoms with Crippen LogP contribution in [-0.2, 0) is 0 Å². The normalized spacial score (nSPS) is 16.2. The van der Waals surface area contributed by atoms with Crippen LogP contribution < -0.4 is 4.90 Å². The Morgan fingerprint density at radius 2 is 2.00 bits per heavy atom. The number of anilines is 1. The van der Waals surface area contributed by atoms with Crippen LogP contribution >= 0.6 is 0 Å². The summed E-state index contributed by atoms with van der Waals surface area (Å²) in [5.41, 5.74) is 0.952. The van der Waals surface area contributed by atoms with Gasteiger partial charge in [0.05, 0.1) is 7.05 Å². The van der Waals surface area contributed by atoms with Crippen molar-refractivity contribution in [1.29, 1.82) is 0 Å². The van der Waals surface area contributed by atoms with Gasteiger partial charge in [-0.2, -0.15) is 9.69 Å². The van der Waals surface area contributed by atoms with Crippen LogP contribution in [0, 0.1) is 0 Å². The topological polar surface area (TPSA) is 23.3 Å². The number of carbonyl (C=O) groups is 1. The zero-order valence-electron chi connectivity index (χ0n) is 7.47. The minimum Gasteiger partial charge on any atom is -0.200 e. The van der Waals surface area contributed by atoms with Crippen molar-refractivity contribution in [3.8, 4) is 0 Å². The molecular weight excluding hydrogens is 164 g/mol. The maximum Gasteiger partial charge on any atom is 0.498 e. The molecule has 0 radical (unpaired) electrons. The van der Waals surface area contributed by atoms with Crippen LogP contribution in [0.1, 0.15) is 0 Å². The molecule has 13 heavy (non-hydrogen) atoms. The molecule has 0 fully saturated rings. The molecule has 1 aliphatic heterocycles. The molecule has 2 amide bonds. The van der Waals surface area contributed by atoms with E-state index in [2.05, 4.69) is 0 Å². The van der Waals surface area contributed by atoms with Crippen molar-refractivity contribution < 1.29 is 9.37 Å². The van der Waals surface area contributed by atoms with Gasteiger partial charge in [-0.3, -0.25) is 0 Å². The summed E-state index contributed by atoms with van der Waals surface area (Å²) in [5, 5.41) is 0. The molecule has 0 aromatic heterocycles. The molecule has 1 heterocycles. The average molecular weight is 175 g/mol. The number of nitrogens with zero attached hydrogens (tertiary/aromatic N) is 2. The smallest absolute Gasteiger partial charge is 0.200 e. The summed E-state index contributed by atoms with van der Waals surface area (Å²) in [7, 11) is 1.77. The van der Waals surface area contributed by atoms with E-state index in [1.165, 1.54) is 0 Å². The second-order valence-electron chi connectivity index (χ2n) is 3.02. The van der Waals surface area contributed by atoms with Gasteiger partial charge in [0.1, 0.15) is 18.4 Å². The molecule has 0 atom stereocenters. The molecule has 0 saturated heterocycles. The lowest BCUT2D eigenvalue weighted by Crippen LogP contribution is -2.28. The minimum absolute atomic E-state index is 0.0335. The van der Waals surface area contributed by atoms with Crippen molar-refractivity contribution in [3.05, 3.63) is 30.3 Å². The van der Waals surface area contributed by atoms with E-state index >= 15 is 0 Å². The molecule has 0 aliphatic carbocycles. The first-order chi connectivity index (χ1) is 6.29. The van der Waals surface area contributed by atoms with Crippen molar-refractivity contribution in [2.45, 2.75) is 0 Å². The zero-order valence-corrected chi connectivity index (χ0v) is 7.47. The zero-order chi connectivity index (χ0) is 9.26. The van der Waals surface area contributed by atoms with Crippen LogP contribution in [0.25, 0.3) is 0 Å². The highest BCUT2D eigenvalue weighted by atomic mass is 16.2. The van der Waals surface area contributed by atoms with Gasteiger partial charge in [-0.15, -0.1) is 0 Å². The largest absolute Gasteiger partial charge is 0.498 e. The Morgan fingerprint density at radius 3 is 2.54 bits per heavy atom. The monoisotopic (exact) mass is 175 g/mol. The molecule has 1 aromatic rings. The van der Waals surface area contributed by atoms with E-state index in [-0.39, 0.29) is 6.03 Å². The second kappa shape index (κ2) is 3.01. The van der Waals surface area contributed by atoms with E-state index in [0.717, 1.165) is 5.69 Å². The summed E-state index contributed by atoms with van der Waals surface area (Å²) in [6.07, 6.45) is 1.87. The fraction of sp³-hybridized carbons (Fsp3) is 0.200. The Kier molecular flexibility index (Phi) is 1.85. The molecular formula is C10H11N2O+. The number of benzene rings is 1. The summed E-state index contributed by atoms with van der Waals surface area (Å²) >= 11 is 0. The summed E-state index contributed by atoms with van der Waals surface area (Å²) in [6.45, 7) is 0.666. The van der Waals surface area contributed by atoms with E-state index in [0.29, 0.717) is 6.54 Å². The van der Waals surface area contributed by atoms with Gasteiger partial charge in [0.25, 0.3) is 0 Å². The molecule has 2 rings (SSSR count). The summed E-state index contributed by atoms with van der Waals surface area (Å²) < 4.78 is 1.60. The molecule has 0 bridgehead atoms. The fourth-order valence-electron chi connectivity index (χ4n) is 1.37. The lowest BCUT2D eigenvalue weighted by Gasteiger charge is -2.05. The number of amides is 2. The lowest BCUT2D eigenvalue weighted by atomic mass is 10.3. The highest BCUT2D eigenvalue weighted by Crippen LogP contribution is 2.15. The van der Waals surface area contributed by atoms with Gasteiger partial charge in [0, 0.05) is 0 Å². The molecule has 1 aromatic carbocycles. The van der Waals surface area contributed by atoms with Crippen molar-refractivity contribution >= 4 is 17.9 Å². The maximum absolute atomic E-state index is 11.5.